The number of para-hydroxylation sites is 1. The lowest BCUT2D eigenvalue weighted by Gasteiger charge is -2.38. The van der Waals surface area contributed by atoms with Gasteiger partial charge in [0.05, 0.1) is 10.6 Å². The van der Waals surface area contributed by atoms with E-state index in [4.69, 9.17) is 11.6 Å². The second-order valence-corrected chi connectivity index (χ2v) is 11.9. The van der Waals surface area contributed by atoms with E-state index in [2.05, 4.69) is 21.9 Å². The van der Waals surface area contributed by atoms with E-state index >= 15 is 0 Å². The quantitative estimate of drug-likeness (QED) is 0.320. The minimum atomic E-state index is -3.43. The Hall–Kier alpha value is -2.26. The smallest absolute Gasteiger partial charge is 0.242 e. The fourth-order valence-electron chi connectivity index (χ4n) is 3.95. The number of sulfonamides is 1. The highest BCUT2D eigenvalue weighted by atomic mass is 35.5. The number of halogens is 2. The van der Waals surface area contributed by atoms with Gasteiger partial charge in [0, 0.05) is 61.6 Å². The molecular formula is C27H33ClFN3O2S2. The fourth-order valence-corrected chi connectivity index (χ4v) is 5.90. The minimum Gasteiger partial charge on any atom is -0.368 e. The lowest BCUT2D eigenvalue weighted by Crippen LogP contribution is -2.47. The van der Waals surface area contributed by atoms with E-state index in [9.17, 15) is 12.8 Å². The zero-order chi connectivity index (χ0) is 26.3. The van der Waals surface area contributed by atoms with Crippen LogP contribution >= 0.6 is 23.4 Å². The molecule has 0 bridgehead atoms. The SMILES string of the molecule is CC.CN(C)S(=O)(=O)c1ccc(SCc2ccccc2N2CCN(c3ccc(Cl)cc3F)CC2)cc1. The molecule has 1 aliphatic heterocycles. The zero-order valence-electron chi connectivity index (χ0n) is 21.1. The van der Waals surface area contributed by atoms with Crippen LogP contribution in [-0.4, -0.2) is 53.0 Å². The van der Waals surface area contributed by atoms with Crippen LogP contribution in [0.15, 0.2) is 76.5 Å². The second kappa shape index (κ2) is 12.8. The Morgan fingerprint density at radius 3 is 2.06 bits per heavy atom. The molecule has 0 atom stereocenters. The molecule has 0 unspecified atom stereocenters. The van der Waals surface area contributed by atoms with Gasteiger partial charge in [0.2, 0.25) is 10.0 Å². The average Bonchev–Trinajstić information content (AvgIpc) is 2.89. The van der Waals surface area contributed by atoms with Crippen molar-refractivity contribution in [3.05, 3.63) is 83.1 Å². The first-order chi connectivity index (χ1) is 17.3. The Morgan fingerprint density at radius 1 is 0.889 bits per heavy atom. The Bertz CT molecular complexity index is 1250. The first kappa shape index (κ1) is 28.3. The van der Waals surface area contributed by atoms with E-state index < -0.39 is 10.0 Å². The van der Waals surface area contributed by atoms with Crippen molar-refractivity contribution >= 4 is 44.8 Å². The van der Waals surface area contributed by atoms with Gasteiger partial charge < -0.3 is 9.80 Å². The molecule has 0 N–H and O–H groups in total. The summed E-state index contributed by atoms with van der Waals surface area (Å²) in [6.07, 6.45) is 0. The van der Waals surface area contributed by atoms with Gasteiger partial charge in [-0.3, -0.25) is 0 Å². The summed E-state index contributed by atoms with van der Waals surface area (Å²) in [5.41, 5.74) is 2.98. The Balaban J connectivity index is 0.00000176. The molecule has 36 heavy (non-hydrogen) atoms. The molecular weight excluding hydrogens is 517 g/mol. The van der Waals surface area contributed by atoms with Crippen molar-refractivity contribution in [2.45, 2.75) is 29.4 Å². The van der Waals surface area contributed by atoms with Crippen molar-refractivity contribution in [1.29, 1.82) is 0 Å². The van der Waals surface area contributed by atoms with Crippen LogP contribution in [0.2, 0.25) is 5.02 Å². The summed E-state index contributed by atoms with van der Waals surface area (Å²) in [7, 11) is -0.371. The highest BCUT2D eigenvalue weighted by Gasteiger charge is 2.21. The van der Waals surface area contributed by atoms with Gasteiger partial charge in [0.15, 0.2) is 0 Å². The average molecular weight is 550 g/mol. The van der Waals surface area contributed by atoms with Gasteiger partial charge in [-0.05, 0) is 54.1 Å². The van der Waals surface area contributed by atoms with E-state index in [1.807, 2.05) is 38.1 Å². The lowest BCUT2D eigenvalue weighted by atomic mass is 10.1. The summed E-state index contributed by atoms with van der Waals surface area (Å²) in [5.74, 6) is 0.476. The molecule has 9 heteroatoms. The van der Waals surface area contributed by atoms with Gasteiger partial charge in [-0.2, -0.15) is 0 Å². The molecule has 1 heterocycles. The second-order valence-electron chi connectivity index (χ2n) is 8.25. The van der Waals surface area contributed by atoms with Crippen LogP contribution in [0.5, 0.6) is 0 Å². The predicted molar refractivity (Wildman–Crippen MR) is 151 cm³/mol. The summed E-state index contributed by atoms with van der Waals surface area (Å²) in [6, 6.07) is 20.1. The Morgan fingerprint density at radius 2 is 1.47 bits per heavy atom. The van der Waals surface area contributed by atoms with Crippen LogP contribution in [-0.2, 0) is 15.8 Å². The van der Waals surface area contributed by atoms with E-state index in [0.717, 1.165) is 36.8 Å². The molecule has 3 aromatic rings. The van der Waals surface area contributed by atoms with Crippen LogP contribution < -0.4 is 9.80 Å². The van der Waals surface area contributed by atoms with Gasteiger partial charge in [-0.25, -0.2) is 17.1 Å². The number of hydrogen-bond acceptors (Lipinski definition) is 5. The third-order valence-corrected chi connectivity index (χ3v) is 8.98. The maximum absolute atomic E-state index is 14.3. The summed E-state index contributed by atoms with van der Waals surface area (Å²) in [6.45, 7) is 7.03. The molecule has 0 radical (unpaired) electrons. The molecule has 1 aliphatic rings. The van der Waals surface area contributed by atoms with Crippen LogP contribution in [0.25, 0.3) is 0 Å². The molecule has 0 amide bonds. The van der Waals surface area contributed by atoms with Crippen LogP contribution in [0.3, 0.4) is 0 Å². The maximum atomic E-state index is 14.3. The monoisotopic (exact) mass is 549 g/mol. The fraction of sp³-hybridized carbons (Fsp3) is 0.333. The van der Waals surface area contributed by atoms with Crippen molar-refractivity contribution in [3.63, 3.8) is 0 Å². The molecule has 0 spiro atoms. The van der Waals surface area contributed by atoms with E-state index in [0.29, 0.717) is 10.7 Å². The number of nitrogens with zero attached hydrogens (tertiary/aromatic N) is 3. The zero-order valence-corrected chi connectivity index (χ0v) is 23.5. The maximum Gasteiger partial charge on any atom is 0.242 e. The van der Waals surface area contributed by atoms with Crippen LogP contribution in [0, 0.1) is 5.82 Å². The van der Waals surface area contributed by atoms with Crippen molar-refractivity contribution in [3.8, 4) is 0 Å². The van der Waals surface area contributed by atoms with Crippen molar-refractivity contribution in [1.82, 2.24) is 4.31 Å². The van der Waals surface area contributed by atoms with Gasteiger partial charge >= 0.3 is 0 Å². The number of piperazine rings is 1. The van der Waals surface area contributed by atoms with Crippen molar-refractivity contribution in [2.24, 2.45) is 0 Å². The standard InChI is InChI=1S/C25H27ClFN3O2S2.C2H6/c1-28(2)34(31,32)22-10-8-21(9-11-22)33-18-19-5-3-4-6-24(19)29-13-15-30(16-14-29)25-12-7-20(26)17-23(25)27;1-2/h3-12,17H,13-16,18H2,1-2H3;1-2H3. The number of rotatable bonds is 7. The molecule has 5 nitrogen and oxygen atoms in total. The summed E-state index contributed by atoms with van der Waals surface area (Å²) < 4.78 is 40.1. The number of hydrogen-bond donors (Lipinski definition) is 0. The van der Waals surface area contributed by atoms with Gasteiger partial charge in [0.1, 0.15) is 5.82 Å². The number of anilines is 2. The molecule has 4 rings (SSSR count). The minimum absolute atomic E-state index is 0.289. The summed E-state index contributed by atoms with van der Waals surface area (Å²) in [5, 5.41) is 0.403. The molecule has 1 saturated heterocycles. The molecule has 194 valence electrons. The number of benzene rings is 3. The predicted octanol–water partition coefficient (Wildman–Crippen LogP) is 6.37. The summed E-state index contributed by atoms with van der Waals surface area (Å²) in [4.78, 5) is 5.70. The first-order valence-electron chi connectivity index (χ1n) is 11.9. The molecule has 0 aliphatic carbocycles. The van der Waals surface area contributed by atoms with E-state index in [1.165, 1.54) is 35.7 Å². The molecule has 0 saturated carbocycles. The van der Waals surface area contributed by atoms with E-state index in [-0.39, 0.29) is 10.7 Å². The highest BCUT2D eigenvalue weighted by molar-refractivity contribution is 7.98. The van der Waals surface area contributed by atoms with Crippen molar-refractivity contribution in [2.75, 3.05) is 50.1 Å². The van der Waals surface area contributed by atoms with Gasteiger partial charge in [-0.1, -0.05) is 43.6 Å². The topological polar surface area (TPSA) is 43.9 Å². The van der Waals surface area contributed by atoms with Gasteiger partial charge in [-0.15, -0.1) is 11.8 Å². The largest absolute Gasteiger partial charge is 0.368 e. The van der Waals surface area contributed by atoms with Gasteiger partial charge in [0.25, 0.3) is 0 Å². The lowest BCUT2D eigenvalue weighted by molar-refractivity contribution is 0.520. The van der Waals surface area contributed by atoms with Crippen LogP contribution in [0.4, 0.5) is 15.8 Å². The number of thioether (sulfide) groups is 1. The Labute approximate surface area is 223 Å². The Kier molecular flexibility index (Phi) is 10.1. The normalized spacial score (nSPS) is 14.0. The molecule has 3 aromatic carbocycles. The third-order valence-electron chi connectivity index (χ3n) is 5.86. The highest BCUT2D eigenvalue weighted by Crippen LogP contribution is 2.31. The first-order valence-corrected chi connectivity index (χ1v) is 14.7. The summed E-state index contributed by atoms with van der Waals surface area (Å²) >= 11 is 7.57. The van der Waals surface area contributed by atoms with E-state index in [1.54, 1.807) is 36.0 Å². The third kappa shape index (κ3) is 6.73. The molecule has 1 fully saturated rings. The van der Waals surface area contributed by atoms with Crippen LogP contribution in [0.1, 0.15) is 19.4 Å². The molecule has 0 aromatic heterocycles. The van der Waals surface area contributed by atoms with Crippen molar-refractivity contribution < 1.29 is 12.8 Å².